The van der Waals surface area contributed by atoms with Crippen molar-refractivity contribution in [2.75, 3.05) is 18.0 Å². The molecule has 0 heterocycles. The largest absolute Gasteiger partial charge is 0.497 e. The number of nitrogens with zero attached hydrogens (tertiary/aromatic N) is 2. The van der Waals surface area contributed by atoms with E-state index in [1.165, 1.54) is 42.3 Å². The van der Waals surface area contributed by atoms with Gasteiger partial charge in [-0.2, -0.15) is 0 Å². The summed E-state index contributed by atoms with van der Waals surface area (Å²) in [4.78, 5) is 29.6. The third kappa shape index (κ3) is 8.78. The summed E-state index contributed by atoms with van der Waals surface area (Å²) in [6.45, 7) is 3.02. The van der Waals surface area contributed by atoms with E-state index in [0.717, 1.165) is 9.87 Å². The average Bonchev–Trinajstić information content (AvgIpc) is 3.02. The van der Waals surface area contributed by atoms with Gasteiger partial charge in [-0.3, -0.25) is 13.9 Å². The number of anilines is 1. The first-order valence-corrected chi connectivity index (χ1v) is 16.5. The van der Waals surface area contributed by atoms with Crippen LogP contribution in [0.2, 0.25) is 10.0 Å². The standard InChI is InChI=1S/C34H35Cl2N3O5S/c1-24(2)37-34(41)32(20-25-10-5-4-6-11-25)38(22-26-12-7-8-15-31(26)36)33(40)23-39(28-14-9-13-27(35)21-28)45(42,43)30-18-16-29(44-3)17-19-30/h4-19,21,24,32H,20,22-23H2,1-3H3,(H,37,41)/t32-/m0/s1. The SMILES string of the molecule is COc1ccc(S(=O)(=O)N(CC(=O)N(Cc2ccccc2Cl)[C@@H](Cc2ccccc2)C(=O)NC(C)C)c2cccc(Cl)c2)cc1. The van der Waals surface area contributed by atoms with E-state index in [1.54, 1.807) is 42.5 Å². The lowest BCUT2D eigenvalue weighted by atomic mass is 10.0. The van der Waals surface area contributed by atoms with Gasteiger partial charge >= 0.3 is 0 Å². The smallest absolute Gasteiger partial charge is 0.264 e. The van der Waals surface area contributed by atoms with Crippen molar-refractivity contribution in [3.8, 4) is 5.75 Å². The second kappa shape index (κ2) is 15.3. The third-order valence-electron chi connectivity index (χ3n) is 7.02. The number of benzene rings is 4. The molecule has 0 spiro atoms. The summed E-state index contributed by atoms with van der Waals surface area (Å²) in [5.41, 5.74) is 1.63. The number of carbonyl (C=O) groups is 2. The molecule has 1 atom stereocenters. The minimum absolute atomic E-state index is 0.0342. The second-order valence-electron chi connectivity index (χ2n) is 10.6. The van der Waals surface area contributed by atoms with Crippen molar-refractivity contribution in [2.45, 2.75) is 43.8 Å². The number of methoxy groups -OCH3 is 1. The Balaban J connectivity index is 1.81. The number of ether oxygens (including phenoxy) is 1. The Bertz CT molecular complexity index is 1720. The highest BCUT2D eigenvalue weighted by molar-refractivity contribution is 7.92. The van der Waals surface area contributed by atoms with Crippen molar-refractivity contribution in [1.29, 1.82) is 0 Å². The van der Waals surface area contributed by atoms with Crippen LogP contribution in [0.5, 0.6) is 5.75 Å². The maximum atomic E-state index is 14.5. The van der Waals surface area contributed by atoms with Crippen LogP contribution in [0, 0.1) is 0 Å². The molecule has 0 saturated heterocycles. The van der Waals surface area contributed by atoms with Crippen LogP contribution in [0.25, 0.3) is 0 Å². The molecular formula is C34H35Cl2N3O5S. The minimum Gasteiger partial charge on any atom is -0.497 e. The highest BCUT2D eigenvalue weighted by Gasteiger charge is 2.35. The Labute approximate surface area is 274 Å². The molecule has 45 heavy (non-hydrogen) atoms. The van der Waals surface area contributed by atoms with Crippen molar-refractivity contribution < 1.29 is 22.7 Å². The van der Waals surface area contributed by atoms with Crippen LogP contribution < -0.4 is 14.4 Å². The number of sulfonamides is 1. The summed E-state index contributed by atoms with van der Waals surface area (Å²) in [5, 5.41) is 3.64. The van der Waals surface area contributed by atoms with E-state index in [9.17, 15) is 18.0 Å². The normalized spacial score (nSPS) is 12.0. The Morgan fingerprint density at radius 3 is 2.16 bits per heavy atom. The maximum absolute atomic E-state index is 14.5. The van der Waals surface area contributed by atoms with Crippen LogP contribution in [0.1, 0.15) is 25.0 Å². The number of hydrogen-bond donors (Lipinski definition) is 1. The van der Waals surface area contributed by atoms with E-state index in [1.807, 2.05) is 44.2 Å². The van der Waals surface area contributed by atoms with Gasteiger partial charge in [0.15, 0.2) is 0 Å². The molecule has 11 heteroatoms. The zero-order valence-corrected chi connectivity index (χ0v) is 27.5. The van der Waals surface area contributed by atoms with E-state index in [0.29, 0.717) is 21.4 Å². The maximum Gasteiger partial charge on any atom is 0.264 e. The molecule has 0 saturated carbocycles. The van der Waals surface area contributed by atoms with Crippen LogP contribution in [0.15, 0.2) is 108 Å². The molecular weight excluding hydrogens is 633 g/mol. The zero-order chi connectivity index (χ0) is 32.6. The Hall–Kier alpha value is -4.05. The van der Waals surface area contributed by atoms with Gasteiger partial charge in [0.25, 0.3) is 10.0 Å². The van der Waals surface area contributed by atoms with Crippen LogP contribution in [-0.2, 0) is 32.6 Å². The molecule has 4 aromatic carbocycles. The lowest BCUT2D eigenvalue weighted by Crippen LogP contribution is -2.54. The van der Waals surface area contributed by atoms with Gasteiger partial charge in [-0.05, 0) is 73.5 Å². The quantitative estimate of drug-likeness (QED) is 0.179. The number of nitrogens with one attached hydrogen (secondary N) is 1. The summed E-state index contributed by atoms with van der Waals surface area (Å²) in [6, 6.07) is 27.3. The van der Waals surface area contributed by atoms with Gasteiger partial charge in [-0.15, -0.1) is 0 Å². The molecule has 236 valence electrons. The fraction of sp³-hybridized carbons (Fsp3) is 0.235. The topological polar surface area (TPSA) is 96.0 Å². The predicted molar refractivity (Wildman–Crippen MR) is 178 cm³/mol. The molecule has 1 N–H and O–H groups in total. The number of carbonyl (C=O) groups excluding carboxylic acids is 2. The molecule has 0 fully saturated rings. The number of hydrogen-bond acceptors (Lipinski definition) is 5. The van der Waals surface area contributed by atoms with Crippen LogP contribution >= 0.6 is 23.2 Å². The molecule has 4 aromatic rings. The summed E-state index contributed by atoms with van der Waals surface area (Å²) in [6.07, 6.45) is 0.192. The summed E-state index contributed by atoms with van der Waals surface area (Å²) in [5.74, 6) is -0.501. The zero-order valence-electron chi connectivity index (χ0n) is 25.2. The third-order valence-corrected chi connectivity index (χ3v) is 9.41. The minimum atomic E-state index is -4.28. The first kappa shape index (κ1) is 33.8. The van der Waals surface area contributed by atoms with Crippen molar-refractivity contribution in [3.05, 3.63) is 124 Å². The molecule has 0 unspecified atom stereocenters. The number of rotatable bonds is 13. The lowest BCUT2D eigenvalue weighted by Gasteiger charge is -2.34. The average molecular weight is 669 g/mol. The monoisotopic (exact) mass is 667 g/mol. The highest BCUT2D eigenvalue weighted by Crippen LogP contribution is 2.28. The van der Waals surface area contributed by atoms with Crippen molar-refractivity contribution in [3.63, 3.8) is 0 Å². The van der Waals surface area contributed by atoms with Gasteiger partial charge in [0.2, 0.25) is 11.8 Å². The van der Waals surface area contributed by atoms with Crippen molar-refractivity contribution in [1.82, 2.24) is 10.2 Å². The van der Waals surface area contributed by atoms with Crippen LogP contribution in [0.4, 0.5) is 5.69 Å². The van der Waals surface area contributed by atoms with E-state index < -0.39 is 28.5 Å². The Morgan fingerprint density at radius 2 is 1.53 bits per heavy atom. The molecule has 0 bridgehead atoms. The predicted octanol–water partition coefficient (Wildman–Crippen LogP) is 6.36. The van der Waals surface area contributed by atoms with Gasteiger partial charge in [0, 0.05) is 29.1 Å². The first-order chi connectivity index (χ1) is 21.5. The van der Waals surface area contributed by atoms with Gasteiger partial charge in [0.05, 0.1) is 17.7 Å². The molecule has 0 aliphatic carbocycles. The molecule has 2 amide bonds. The van der Waals surface area contributed by atoms with Gasteiger partial charge in [0.1, 0.15) is 18.3 Å². The number of amides is 2. The van der Waals surface area contributed by atoms with E-state index in [4.69, 9.17) is 27.9 Å². The van der Waals surface area contributed by atoms with Crippen LogP contribution in [-0.4, -0.2) is 50.9 Å². The molecule has 4 rings (SSSR count). The van der Waals surface area contributed by atoms with Gasteiger partial charge in [-0.1, -0.05) is 77.8 Å². The lowest BCUT2D eigenvalue weighted by molar-refractivity contribution is -0.140. The summed E-state index contributed by atoms with van der Waals surface area (Å²) in [7, 11) is -2.80. The van der Waals surface area contributed by atoms with E-state index in [2.05, 4.69) is 5.32 Å². The Morgan fingerprint density at radius 1 is 0.867 bits per heavy atom. The molecule has 8 nitrogen and oxygen atoms in total. The van der Waals surface area contributed by atoms with Crippen molar-refractivity contribution in [2.24, 2.45) is 0 Å². The molecule has 0 aliphatic rings. The Kier molecular flexibility index (Phi) is 11.5. The summed E-state index contributed by atoms with van der Waals surface area (Å²) < 4.78 is 34.4. The van der Waals surface area contributed by atoms with Gasteiger partial charge in [-0.25, -0.2) is 8.42 Å². The molecule has 0 aromatic heterocycles. The summed E-state index contributed by atoms with van der Waals surface area (Å²) >= 11 is 12.8. The van der Waals surface area contributed by atoms with Crippen molar-refractivity contribution >= 4 is 50.7 Å². The highest BCUT2D eigenvalue weighted by atomic mass is 35.5. The number of halogens is 2. The molecule has 0 radical (unpaired) electrons. The van der Waals surface area contributed by atoms with E-state index >= 15 is 0 Å². The molecule has 0 aliphatic heterocycles. The second-order valence-corrected chi connectivity index (χ2v) is 13.4. The fourth-order valence-corrected chi connectivity index (χ4v) is 6.57. The van der Waals surface area contributed by atoms with Gasteiger partial charge < -0.3 is 15.0 Å². The fourth-order valence-electron chi connectivity index (χ4n) is 4.78. The first-order valence-electron chi connectivity index (χ1n) is 14.3. The van der Waals surface area contributed by atoms with Crippen LogP contribution in [0.3, 0.4) is 0 Å². The van der Waals surface area contributed by atoms with E-state index in [-0.39, 0.29) is 35.5 Å².